The highest BCUT2D eigenvalue weighted by Gasteiger charge is 2.27. The fourth-order valence-corrected chi connectivity index (χ4v) is 3.31. The number of nitrogens with zero attached hydrogens (tertiary/aromatic N) is 3. The molecule has 0 unspecified atom stereocenters. The SMILES string of the molecule is c1cnc2c(-c3sccc3C3CC3)cncc2n1. The lowest BCUT2D eigenvalue weighted by atomic mass is 10.1. The largest absolute Gasteiger partial charge is 0.262 e. The maximum Gasteiger partial charge on any atom is 0.108 e. The van der Waals surface area contributed by atoms with Crippen molar-refractivity contribution in [2.45, 2.75) is 18.8 Å². The van der Waals surface area contributed by atoms with Crippen LogP contribution in [-0.2, 0) is 0 Å². The molecule has 18 heavy (non-hydrogen) atoms. The van der Waals surface area contributed by atoms with E-state index in [9.17, 15) is 0 Å². The van der Waals surface area contributed by atoms with Gasteiger partial charge in [0.05, 0.1) is 6.20 Å². The topological polar surface area (TPSA) is 38.7 Å². The summed E-state index contributed by atoms with van der Waals surface area (Å²) < 4.78 is 0. The van der Waals surface area contributed by atoms with Gasteiger partial charge in [0.25, 0.3) is 0 Å². The molecule has 0 aliphatic heterocycles. The molecular weight excluding hydrogens is 242 g/mol. The number of hydrogen-bond donors (Lipinski definition) is 0. The molecule has 0 spiro atoms. The van der Waals surface area contributed by atoms with Gasteiger partial charge in [0.1, 0.15) is 11.0 Å². The molecule has 0 amide bonds. The molecule has 0 saturated heterocycles. The van der Waals surface area contributed by atoms with Gasteiger partial charge in [0.15, 0.2) is 0 Å². The zero-order chi connectivity index (χ0) is 11.9. The lowest BCUT2D eigenvalue weighted by molar-refractivity contribution is 1.15. The van der Waals surface area contributed by atoms with E-state index in [0.29, 0.717) is 0 Å². The summed E-state index contributed by atoms with van der Waals surface area (Å²) in [5.41, 5.74) is 4.40. The first-order valence-electron chi connectivity index (χ1n) is 6.06. The molecule has 1 saturated carbocycles. The lowest BCUT2D eigenvalue weighted by Gasteiger charge is -2.05. The summed E-state index contributed by atoms with van der Waals surface area (Å²) in [5, 5.41) is 2.16. The van der Waals surface area contributed by atoms with Crippen LogP contribution in [0.25, 0.3) is 21.5 Å². The van der Waals surface area contributed by atoms with Crippen LogP contribution in [0.5, 0.6) is 0 Å². The summed E-state index contributed by atoms with van der Waals surface area (Å²) in [4.78, 5) is 14.4. The fourth-order valence-electron chi connectivity index (χ4n) is 2.31. The van der Waals surface area contributed by atoms with Gasteiger partial charge in [-0.15, -0.1) is 11.3 Å². The van der Waals surface area contributed by atoms with Gasteiger partial charge in [-0.3, -0.25) is 15.0 Å². The summed E-state index contributed by atoms with van der Waals surface area (Å²) in [5.74, 6) is 0.748. The number of aromatic nitrogens is 3. The average Bonchev–Trinajstić information content (AvgIpc) is 3.16. The van der Waals surface area contributed by atoms with Crippen LogP contribution in [0.2, 0.25) is 0 Å². The molecular formula is C14H11N3S. The predicted molar refractivity (Wildman–Crippen MR) is 72.6 cm³/mol. The normalized spacial score (nSPS) is 15.1. The van der Waals surface area contributed by atoms with Gasteiger partial charge < -0.3 is 0 Å². The molecule has 3 heterocycles. The van der Waals surface area contributed by atoms with Crippen LogP contribution in [-0.4, -0.2) is 15.0 Å². The van der Waals surface area contributed by atoms with E-state index >= 15 is 0 Å². The van der Waals surface area contributed by atoms with Gasteiger partial charge in [-0.2, -0.15) is 0 Å². The van der Waals surface area contributed by atoms with E-state index in [4.69, 9.17) is 0 Å². The molecule has 1 fully saturated rings. The number of hydrogen-bond acceptors (Lipinski definition) is 4. The van der Waals surface area contributed by atoms with E-state index in [1.54, 1.807) is 29.9 Å². The number of pyridine rings is 1. The first kappa shape index (κ1) is 10.1. The van der Waals surface area contributed by atoms with E-state index in [1.165, 1.54) is 23.3 Å². The minimum absolute atomic E-state index is 0.748. The number of rotatable bonds is 2. The summed E-state index contributed by atoms with van der Waals surface area (Å²) in [6.07, 6.45) is 9.77. The second kappa shape index (κ2) is 3.85. The minimum atomic E-state index is 0.748. The van der Waals surface area contributed by atoms with Crippen LogP contribution >= 0.6 is 11.3 Å². The third-order valence-electron chi connectivity index (χ3n) is 3.34. The Labute approximate surface area is 109 Å². The van der Waals surface area contributed by atoms with Crippen molar-refractivity contribution in [1.82, 2.24) is 15.0 Å². The minimum Gasteiger partial charge on any atom is -0.262 e. The van der Waals surface area contributed by atoms with Crippen LogP contribution in [0, 0.1) is 0 Å². The Morgan fingerprint density at radius 1 is 1.11 bits per heavy atom. The van der Waals surface area contributed by atoms with Crippen molar-refractivity contribution in [3.05, 3.63) is 41.8 Å². The van der Waals surface area contributed by atoms with Crippen molar-refractivity contribution < 1.29 is 0 Å². The molecule has 0 aromatic carbocycles. The molecule has 1 aliphatic carbocycles. The summed E-state index contributed by atoms with van der Waals surface area (Å²) in [6.45, 7) is 0. The van der Waals surface area contributed by atoms with Crippen LogP contribution in [0.1, 0.15) is 24.3 Å². The average molecular weight is 253 g/mol. The van der Waals surface area contributed by atoms with Gasteiger partial charge in [0, 0.05) is 29.0 Å². The molecule has 0 radical (unpaired) electrons. The lowest BCUT2D eigenvalue weighted by Crippen LogP contribution is -1.89. The molecule has 1 aliphatic rings. The molecule has 3 nitrogen and oxygen atoms in total. The number of thiophene rings is 1. The second-order valence-electron chi connectivity index (χ2n) is 4.59. The van der Waals surface area contributed by atoms with Gasteiger partial charge in [-0.05, 0) is 35.8 Å². The monoisotopic (exact) mass is 253 g/mol. The van der Waals surface area contributed by atoms with Crippen molar-refractivity contribution in [1.29, 1.82) is 0 Å². The van der Waals surface area contributed by atoms with Crippen LogP contribution in [0.3, 0.4) is 0 Å². The third kappa shape index (κ3) is 1.53. The van der Waals surface area contributed by atoms with Crippen LogP contribution < -0.4 is 0 Å². The second-order valence-corrected chi connectivity index (χ2v) is 5.51. The molecule has 3 aromatic rings. The standard InChI is InChI=1S/C14H11N3S/c1-2-9(1)10-3-6-18-14(10)11-7-15-8-12-13(11)17-5-4-16-12/h3-9H,1-2H2. The Morgan fingerprint density at radius 3 is 2.89 bits per heavy atom. The Bertz CT molecular complexity index is 710. The van der Waals surface area contributed by atoms with Crippen LogP contribution in [0.4, 0.5) is 0 Å². The molecule has 4 heteroatoms. The van der Waals surface area contributed by atoms with Gasteiger partial charge in [-0.25, -0.2) is 0 Å². The molecule has 88 valence electrons. The maximum atomic E-state index is 4.46. The highest BCUT2D eigenvalue weighted by atomic mass is 32.1. The molecule has 0 atom stereocenters. The Hall–Kier alpha value is -1.81. The highest BCUT2D eigenvalue weighted by molar-refractivity contribution is 7.13. The van der Waals surface area contributed by atoms with E-state index < -0.39 is 0 Å². The quantitative estimate of drug-likeness (QED) is 0.700. The zero-order valence-electron chi connectivity index (χ0n) is 9.71. The van der Waals surface area contributed by atoms with Crippen molar-refractivity contribution in [2.75, 3.05) is 0 Å². The van der Waals surface area contributed by atoms with Crippen LogP contribution in [0.15, 0.2) is 36.2 Å². The first-order valence-corrected chi connectivity index (χ1v) is 6.94. The Morgan fingerprint density at radius 2 is 2.00 bits per heavy atom. The van der Waals surface area contributed by atoms with Crippen molar-refractivity contribution in [2.24, 2.45) is 0 Å². The van der Waals surface area contributed by atoms with Gasteiger partial charge in [-0.1, -0.05) is 0 Å². The Kier molecular flexibility index (Phi) is 2.17. The smallest absolute Gasteiger partial charge is 0.108 e. The Balaban J connectivity index is 1.98. The van der Waals surface area contributed by atoms with Crippen molar-refractivity contribution in [3.8, 4) is 10.4 Å². The van der Waals surface area contributed by atoms with E-state index in [1.807, 2.05) is 6.20 Å². The summed E-state index contributed by atoms with van der Waals surface area (Å²) in [7, 11) is 0. The van der Waals surface area contributed by atoms with E-state index in [-0.39, 0.29) is 0 Å². The summed E-state index contributed by atoms with van der Waals surface area (Å²) >= 11 is 1.78. The predicted octanol–water partition coefficient (Wildman–Crippen LogP) is 3.63. The molecule has 3 aromatic heterocycles. The fraction of sp³-hybridized carbons (Fsp3) is 0.214. The highest BCUT2D eigenvalue weighted by Crippen LogP contribution is 2.47. The zero-order valence-corrected chi connectivity index (χ0v) is 10.5. The van der Waals surface area contributed by atoms with E-state index in [0.717, 1.165) is 22.5 Å². The molecule has 4 rings (SSSR count). The summed E-state index contributed by atoms with van der Waals surface area (Å²) in [6, 6.07) is 2.24. The molecule has 0 N–H and O–H groups in total. The van der Waals surface area contributed by atoms with Crippen molar-refractivity contribution in [3.63, 3.8) is 0 Å². The van der Waals surface area contributed by atoms with Crippen molar-refractivity contribution >= 4 is 22.4 Å². The first-order chi connectivity index (χ1) is 8.93. The van der Waals surface area contributed by atoms with Gasteiger partial charge in [0.2, 0.25) is 0 Å². The van der Waals surface area contributed by atoms with E-state index in [2.05, 4.69) is 26.4 Å². The number of fused-ring (bicyclic) bond motifs is 1. The third-order valence-corrected chi connectivity index (χ3v) is 4.30. The maximum absolute atomic E-state index is 4.46. The molecule has 0 bridgehead atoms. The van der Waals surface area contributed by atoms with Gasteiger partial charge >= 0.3 is 0 Å².